The van der Waals surface area contributed by atoms with Crippen molar-refractivity contribution in [3.05, 3.63) is 22.3 Å². The lowest BCUT2D eigenvalue weighted by Crippen LogP contribution is -2.46. The zero-order valence-electron chi connectivity index (χ0n) is 14.0. The van der Waals surface area contributed by atoms with Crippen LogP contribution in [0.5, 0.6) is 11.5 Å². The summed E-state index contributed by atoms with van der Waals surface area (Å²) in [5.74, 6) is 1.36. The van der Waals surface area contributed by atoms with Crippen LogP contribution in [-0.2, 0) is 6.42 Å². The van der Waals surface area contributed by atoms with E-state index in [9.17, 15) is 9.90 Å². The monoisotopic (exact) mass is 302 g/mol. The predicted molar refractivity (Wildman–Crippen MR) is 87.2 cm³/mol. The minimum Gasteiger partial charge on any atom is -0.507 e. The standard InChI is InChI=1S/C19H26O3/c1-11(2)15-13-6-9-19(7-5-8-19)22-18(13)14(10-20)16(12(3)4)17(15)21/h10-12,21H,5-9H2,1-4H3. The van der Waals surface area contributed by atoms with Crippen LogP contribution < -0.4 is 4.74 Å². The molecule has 0 radical (unpaired) electrons. The third-order valence-electron chi connectivity index (χ3n) is 5.33. The van der Waals surface area contributed by atoms with Crippen LogP contribution in [0.25, 0.3) is 0 Å². The zero-order chi connectivity index (χ0) is 16.1. The molecule has 0 amide bonds. The number of phenols is 1. The van der Waals surface area contributed by atoms with Crippen molar-refractivity contribution in [3.8, 4) is 11.5 Å². The lowest BCUT2D eigenvalue weighted by atomic mass is 9.72. The third-order valence-corrected chi connectivity index (χ3v) is 5.33. The predicted octanol–water partition coefficient (Wildman–Crippen LogP) is 4.70. The summed E-state index contributed by atoms with van der Waals surface area (Å²) in [6, 6.07) is 0. The molecule has 1 saturated carbocycles. The second-order valence-electron chi connectivity index (χ2n) is 7.46. The van der Waals surface area contributed by atoms with Gasteiger partial charge in [0.2, 0.25) is 0 Å². The summed E-state index contributed by atoms with van der Waals surface area (Å²) in [7, 11) is 0. The molecule has 1 aliphatic heterocycles. The Kier molecular flexibility index (Phi) is 3.70. The maximum Gasteiger partial charge on any atom is 0.154 e. The van der Waals surface area contributed by atoms with E-state index in [4.69, 9.17) is 4.74 Å². The van der Waals surface area contributed by atoms with Crippen LogP contribution >= 0.6 is 0 Å². The molecule has 1 aliphatic carbocycles. The van der Waals surface area contributed by atoms with Crippen LogP contribution in [0, 0.1) is 0 Å². The molecule has 1 fully saturated rings. The quantitative estimate of drug-likeness (QED) is 0.823. The van der Waals surface area contributed by atoms with Gasteiger partial charge in [-0.05, 0) is 43.9 Å². The number of ether oxygens (including phenoxy) is 1. The number of carbonyl (C=O) groups is 1. The Balaban J connectivity index is 2.26. The van der Waals surface area contributed by atoms with Crippen LogP contribution in [0.4, 0.5) is 0 Å². The number of rotatable bonds is 3. The van der Waals surface area contributed by atoms with E-state index in [2.05, 4.69) is 13.8 Å². The van der Waals surface area contributed by atoms with Gasteiger partial charge in [0.15, 0.2) is 6.29 Å². The summed E-state index contributed by atoms with van der Waals surface area (Å²) < 4.78 is 6.37. The number of fused-ring (bicyclic) bond motifs is 1. The van der Waals surface area contributed by atoms with Crippen molar-refractivity contribution in [1.29, 1.82) is 0 Å². The van der Waals surface area contributed by atoms with E-state index in [1.807, 2.05) is 13.8 Å². The second kappa shape index (κ2) is 5.29. The van der Waals surface area contributed by atoms with Crippen molar-refractivity contribution in [2.45, 2.75) is 77.2 Å². The summed E-state index contributed by atoms with van der Waals surface area (Å²) in [5.41, 5.74) is 3.28. The fourth-order valence-electron chi connectivity index (χ4n) is 4.05. The van der Waals surface area contributed by atoms with E-state index in [0.29, 0.717) is 11.3 Å². The highest BCUT2D eigenvalue weighted by atomic mass is 16.5. The van der Waals surface area contributed by atoms with E-state index in [-0.39, 0.29) is 17.4 Å². The van der Waals surface area contributed by atoms with Gasteiger partial charge in [-0.3, -0.25) is 4.79 Å². The summed E-state index contributed by atoms with van der Waals surface area (Å²) in [6.07, 6.45) is 6.14. The first-order valence-electron chi connectivity index (χ1n) is 8.46. The number of aromatic hydroxyl groups is 1. The van der Waals surface area contributed by atoms with Gasteiger partial charge in [0.05, 0.1) is 5.56 Å². The van der Waals surface area contributed by atoms with Crippen LogP contribution in [0.3, 0.4) is 0 Å². The number of aldehydes is 1. The first kappa shape index (κ1) is 15.4. The smallest absolute Gasteiger partial charge is 0.154 e. The highest BCUT2D eigenvalue weighted by molar-refractivity contribution is 5.86. The molecule has 22 heavy (non-hydrogen) atoms. The molecule has 1 N–H and O–H groups in total. The summed E-state index contributed by atoms with van der Waals surface area (Å²) in [6.45, 7) is 8.21. The SMILES string of the molecule is CC(C)c1c(O)c(C(C)C)c2c(c1C=O)OC1(CCC1)CC2. The normalized spacial score (nSPS) is 19.0. The van der Waals surface area contributed by atoms with E-state index in [1.54, 1.807) is 0 Å². The second-order valence-corrected chi connectivity index (χ2v) is 7.46. The summed E-state index contributed by atoms with van der Waals surface area (Å²) >= 11 is 0. The fraction of sp³-hybridized carbons (Fsp3) is 0.632. The van der Waals surface area contributed by atoms with Crippen molar-refractivity contribution in [1.82, 2.24) is 0 Å². The topological polar surface area (TPSA) is 46.5 Å². The maximum atomic E-state index is 11.8. The van der Waals surface area contributed by atoms with Crippen molar-refractivity contribution < 1.29 is 14.6 Å². The van der Waals surface area contributed by atoms with Gasteiger partial charge in [0, 0.05) is 16.7 Å². The summed E-state index contributed by atoms with van der Waals surface area (Å²) in [4.78, 5) is 11.8. The summed E-state index contributed by atoms with van der Waals surface area (Å²) in [5, 5.41) is 10.8. The molecule has 0 aromatic heterocycles. The molecule has 1 heterocycles. The minimum atomic E-state index is -0.0514. The van der Waals surface area contributed by atoms with Crippen molar-refractivity contribution >= 4 is 6.29 Å². The molecule has 0 unspecified atom stereocenters. The third kappa shape index (κ3) is 2.13. The number of hydrogen-bond acceptors (Lipinski definition) is 3. The van der Waals surface area contributed by atoms with Gasteiger partial charge in [-0.25, -0.2) is 0 Å². The molecule has 3 rings (SSSR count). The molecule has 2 aliphatic rings. The van der Waals surface area contributed by atoms with Gasteiger partial charge < -0.3 is 9.84 Å². The van der Waals surface area contributed by atoms with Gasteiger partial charge in [0.25, 0.3) is 0 Å². The van der Waals surface area contributed by atoms with Gasteiger partial charge in [-0.15, -0.1) is 0 Å². The van der Waals surface area contributed by atoms with Crippen LogP contribution in [0.15, 0.2) is 0 Å². The Morgan fingerprint density at radius 2 is 1.73 bits per heavy atom. The molecular weight excluding hydrogens is 276 g/mol. The maximum absolute atomic E-state index is 11.8. The van der Waals surface area contributed by atoms with Crippen molar-refractivity contribution in [2.75, 3.05) is 0 Å². The first-order valence-corrected chi connectivity index (χ1v) is 8.46. The average Bonchev–Trinajstić information content (AvgIpc) is 2.42. The highest BCUT2D eigenvalue weighted by Gasteiger charge is 2.44. The Morgan fingerprint density at radius 3 is 2.18 bits per heavy atom. The fourth-order valence-corrected chi connectivity index (χ4v) is 4.05. The molecule has 3 heteroatoms. The number of hydrogen-bond donors (Lipinski definition) is 1. The minimum absolute atomic E-state index is 0.0514. The van der Waals surface area contributed by atoms with E-state index in [0.717, 1.165) is 54.4 Å². The average molecular weight is 302 g/mol. The van der Waals surface area contributed by atoms with Gasteiger partial charge >= 0.3 is 0 Å². The molecule has 1 spiro atoms. The zero-order valence-corrected chi connectivity index (χ0v) is 14.0. The van der Waals surface area contributed by atoms with Gasteiger partial charge in [0.1, 0.15) is 17.1 Å². The molecule has 0 saturated heterocycles. The number of benzene rings is 1. The molecule has 0 bridgehead atoms. The van der Waals surface area contributed by atoms with Crippen molar-refractivity contribution in [3.63, 3.8) is 0 Å². The number of phenolic OH excluding ortho intramolecular Hbond substituents is 1. The first-order chi connectivity index (χ1) is 10.4. The van der Waals surface area contributed by atoms with E-state index in [1.165, 1.54) is 6.42 Å². The molecule has 1 aromatic carbocycles. The van der Waals surface area contributed by atoms with E-state index >= 15 is 0 Å². The molecule has 3 nitrogen and oxygen atoms in total. The van der Waals surface area contributed by atoms with E-state index < -0.39 is 0 Å². The molecule has 0 atom stereocenters. The lowest BCUT2D eigenvalue weighted by molar-refractivity contribution is -0.0257. The van der Waals surface area contributed by atoms with Crippen LogP contribution in [0.2, 0.25) is 0 Å². The molecular formula is C19H26O3. The van der Waals surface area contributed by atoms with Gasteiger partial charge in [-0.1, -0.05) is 27.7 Å². The highest BCUT2D eigenvalue weighted by Crippen LogP contribution is 2.51. The van der Waals surface area contributed by atoms with Crippen LogP contribution in [0.1, 0.15) is 92.3 Å². The van der Waals surface area contributed by atoms with Crippen LogP contribution in [-0.4, -0.2) is 17.0 Å². The Hall–Kier alpha value is -1.51. The molecule has 120 valence electrons. The van der Waals surface area contributed by atoms with Gasteiger partial charge in [-0.2, -0.15) is 0 Å². The van der Waals surface area contributed by atoms with Crippen molar-refractivity contribution in [2.24, 2.45) is 0 Å². The number of carbonyl (C=O) groups excluding carboxylic acids is 1. The largest absolute Gasteiger partial charge is 0.507 e. The Labute approximate surface area is 132 Å². The lowest BCUT2D eigenvalue weighted by Gasteiger charge is -2.46. The Morgan fingerprint density at radius 1 is 1.09 bits per heavy atom. The Bertz CT molecular complexity index is 610. The molecule has 1 aromatic rings.